The molecule has 0 saturated carbocycles. The van der Waals surface area contributed by atoms with Crippen LogP contribution in [-0.2, 0) is 6.42 Å². The van der Waals surface area contributed by atoms with Crippen LogP contribution in [0.2, 0.25) is 0 Å². The standard InChI is InChI=1S/C21H23IO/c1-3-4-5-6-10-19-20-14-15(23-2)12-13-17(20)16-9-7-8-11-18(16)21(19)22/h7-9,11-14H,3-6,10H2,1-2H3. The zero-order chi connectivity index (χ0) is 16.2. The van der Waals surface area contributed by atoms with E-state index < -0.39 is 0 Å². The second kappa shape index (κ2) is 7.52. The van der Waals surface area contributed by atoms with E-state index in [-0.39, 0.29) is 0 Å². The van der Waals surface area contributed by atoms with Gasteiger partial charge in [0.25, 0.3) is 0 Å². The maximum atomic E-state index is 5.47. The van der Waals surface area contributed by atoms with Gasteiger partial charge in [-0.15, -0.1) is 0 Å². The quantitative estimate of drug-likeness (QED) is 0.245. The molecule has 23 heavy (non-hydrogen) atoms. The average molecular weight is 418 g/mol. The lowest BCUT2D eigenvalue weighted by atomic mass is 9.94. The fourth-order valence-corrected chi connectivity index (χ4v) is 4.33. The largest absolute Gasteiger partial charge is 0.497 e. The number of methoxy groups -OCH3 is 1. The third-order valence-corrected chi connectivity index (χ3v) is 5.78. The Kier molecular flexibility index (Phi) is 5.42. The van der Waals surface area contributed by atoms with Crippen molar-refractivity contribution in [3.05, 3.63) is 51.6 Å². The predicted molar refractivity (Wildman–Crippen MR) is 109 cm³/mol. The molecule has 0 spiro atoms. The van der Waals surface area contributed by atoms with E-state index in [2.05, 4.69) is 72.0 Å². The van der Waals surface area contributed by atoms with Crippen molar-refractivity contribution in [3.63, 3.8) is 0 Å². The Morgan fingerprint density at radius 2 is 1.61 bits per heavy atom. The van der Waals surface area contributed by atoms with Crippen LogP contribution >= 0.6 is 22.6 Å². The lowest BCUT2D eigenvalue weighted by molar-refractivity contribution is 0.415. The monoisotopic (exact) mass is 418 g/mol. The van der Waals surface area contributed by atoms with Gasteiger partial charge >= 0.3 is 0 Å². The van der Waals surface area contributed by atoms with Crippen LogP contribution in [0.1, 0.15) is 38.2 Å². The molecule has 0 fully saturated rings. The number of hydrogen-bond donors (Lipinski definition) is 0. The number of fused-ring (bicyclic) bond motifs is 3. The molecule has 0 radical (unpaired) electrons. The maximum Gasteiger partial charge on any atom is 0.119 e. The van der Waals surface area contributed by atoms with Crippen molar-refractivity contribution in [1.82, 2.24) is 0 Å². The zero-order valence-electron chi connectivity index (χ0n) is 13.9. The topological polar surface area (TPSA) is 9.23 Å². The van der Waals surface area contributed by atoms with Crippen LogP contribution < -0.4 is 4.74 Å². The second-order valence-corrected chi connectivity index (χ2v) is 7.14. The normalized spacial score (nSPS) is 11.3. The Labute approximate surface area is 152 Å². The summed E-state index contributed by atoms with van der Waals surface area (Å²) < 4.78 is 6.87. The Hall–Kier alpha value is -1.29. The molecule has 1 nitrogen and oxygen atoms in total. The third kappa shape index (κ3) is 3.32. The second-order valence-electron chi connectivity index (χ2n) is 6.06. The summed E-state index contributed by atoms with van der Waals surface area (Å²) in [6, 6.07) is 15.2. The van der Waals surface area contributed by atoms with Crippen LogP contribution in [0.4, 0.5) is 0 Å². The Bertz CT molecular complexity index is 823. The lowest BCUT2D eigenvalue weighted by Crippen LogP contribution is -1.96. The first-order valence-corrected chi connectivity index (χ1v) is 9.51. The van der Waals surface area contributed by atoms with Crippen LogP contribution in [0, 0.1) is 3.57 Å². The summed E-state index contributed by atoms with van der Waals surface area (Å²) in [6.07, 6.45) is 6.32. The molecule has 0 unspecified atom stereocenters. The molecule has 3 aromatic rings. The first-order valence-electron chi connectivity index (χ1n) is 8.43. The molecule has 0 N–H and O–H groups in total. The molecule has 3 rings (SSSR count). The van der Waals surface area contributed by atoms with Gasteiger partial charge in [-0.1, -0.05) is 56.5 Å². The van der Waals surface area contributed by atoms with Crippen LogP contribution in [0.5, 0.6) is 5.75 Å². The Morgan fingerprint density at radius 3 is 2.35 bits per heavy atom. The van der Waals surface area contributed by atoms with Crippen LogP contribution in [0.15, 0.2) is 42.5 Å². The number of halogens is 1. The molecule has 0 heterocycles. The number of aryl methyl sites for hydroxylation is 1. The first kappa shape index (κ1) is 16.6. The summed E-state index contributed by atoms with van der Waals surface area (Å²) in [5.41, 5.74) is 1.48. The minimum absolute atomic E-state index is 0.943. The predicted octanol–water partition coefficient (Wildman–Crippen LogP) is 6.73. The molecule has 120 valence electrons. The van der Waals surface area contributed by atoms with Gasteiger partial charge in [-0.3, -0.25) is 0 Å². The molecule has 0 amide bonds. The average Bonchev–Trinajstić information content (AvgIpc) is 2.60. The fraction of sp³-hybridized carbons (Fsp3) is 0.333. The summed E-state index contributed by atoms with van der Waals surface area (Å²) in [6.45, 7) is 2.26. The Morgan fingerprint density at radius 1 is 0.870 bits per heavy atom. The van der Waals surface area contributed by atoms with Crippen molar-refractivity contribution >= 4 is 44.1 Å². The van der Waals surface area contributed by atoms with Crippen LogP contribution in [0.3, 0.4) is 0 Å². The molecule has 0 atom stereocenters. The molecule has 0 aliphatic rings. The van der Waals surface area contributed by atoms with E-state index in [0.29, 0.717) is 0 Å². The van der Waals surface area contributed by atoms with Gasteiger partial charge in [-0.2, -0.15) is 0 Å². The molecular weight excluding hydrogens is 395 g/mol. The summed E-state index contributed by atoms with van der Waals surface area (Å²) in [7, 11) is 1.74. The van der Waals surface area contributed by atoms with Gasteiger partial charge in [0.15, 0.2) is 0 Å². The van der Waals surface area contributed by atoms with E-state index >= 15 is 0 Å². The molecular formula is C21H23IO. The number of rotatable bonds is 6. The van der Waals surface area contributed by atoms with Gasteiger partial charge in [0.05, 0.1) is 7.11 Å². The highest BCUT2D eigenvalue weighted by Crippen LogP contribution is 2.36. The van der Waals surface area contributed by atoms with E-state index in [1.165, 1.54) is 56.4 Å². The van der Waals surface area contributed by atoms with Crippen molar-refractivity contribution in [3.8, 4) is 5.75 Å². The minimum atomic E-state index is 0.943. The number of unbranched alkanes of at least 4 members (excludes halogenated alkanes) is 3. The van der Waals surface area contributed by atoms with Crippen molar-refractivity contribution in [2.75, 3.05) is 7.11 Å². The van der Waals surface area contributed by atoms with E-state index in [1.54, 1.807) is 7.11 Å². The minimum Gasteiger partial charge on any atom is -0.497 e. The molecule has 0 aliphatic carbocycles. The lowest BCUT2D eigenvalue weighted by Gasteiger charge is -2.15. The Balaban J connectivity index is 2.18. The van der Waals surface area contributed by atoms with Crippen LogP contribution in [-0.4, -0.2) is 7.11 Å². The summed E-state index contributed by atoms with van der Waals surface area (Å²) in [5, 5.41) is 5.40. The van der Waals surface area contributed by atoms with E-state index in [4.69, 9.17) is 4.74 Å². The van der Waals surface area contributed by atoms with Gasteiger partial charge in [-0.05, 0) is 74.7 Å². The van der Waals surface area contributed by atoms with Crippen LogP contribution in [0.25, 0.3) is 21.5 Å². The van der Waals surface area contributed by atoms with Gasteiger partial charge in [-0.25, -0.2) is 0 Å². The SMILES string of the molecule is CCCCCCc1c(I)c2ccccc2c2ccc(OC)cc12. The highest BCUT2D eigenvalue weighted by Gasteiger charge is 2.13. The molecule has 0 aliphatic heterocycles. The highest BCUT2D eigenvalue weighted by molar-refractivity contribution is 14.1. The van der Waals surface area contributed by atoms with Crippen molar-refractivity contribution in [1.29, 1.82) is 0 Å². The summed E-state index contributed by atoms with van der Waals surface area (Å²) >= 11 is 2.53. The van der Waals surface area contributed by atoms with E-state index in [1.807, 2.05) is 0 Å². The number of ether oxygens (including phenoxy) is 1. The number of hydrogen-bond acceptors (Lipinski definition) is 1. The first-order chi connectivity index (χ1) is 11.3. The van der Waals surface area contributed by atoms with Gasteiger partial charge < -0.3 is 4.74 Å². The van der Waals surface area contributed by atoms with Crippen molar-refractivity contribution < 1.29 is 4.74 Å². The van der Waals surface area contributed by atoms with E-state index in [9.17, 15) is 0 Å². The van der Waals surface area contributed by atoms with Crippen molar-refractivity contribution in [2.24, 2.45) is 0 Å². The third-order valence-electron chi connectivity index (χ3n) is 4.55. The summed E-state index contributed by atoms with van der Waals surface area (Å²) in [4.78, 5) is 0. The van der Waals surface area contributed by atoms with E-state index in [0.717, 1.165) is 12.2 Å². The summed E-state index contributed by atoms with van der Waals surface area (Å²) in [5.74, 6) is 0.943. The molecule has 3 aromatic carbocycles. The molecule has 0 bridgehead atoms. The number of benzene rings is 3. The molecule has 0 aromatic heterocycles. The van der Waals surface area contributed by atoms with Gasteiger partial charge in [0.2, 0.25) is 0 Å². The maximum absolute atomic E-state index is 5.47. The van der Waals surface area contributed by atoms with Crippen molar-refractivity contribution in [2.45, 2.75) is 39.0 Å². The van der Waals surface area contributed by atoms with Gasteiger partial charge in [0.1, 0.15) is 5.75 Å². The van der Waals surface area contributed by atoms with Gasteiger partial charge in [0, 0.05) is 3.57 Å². The fourth-order valence-electron chi connectivity index (χ4n) is 3.30. The smallest absolute Gasteiger partial charge is 0.119 e. The highest BCUT2D eigenvalue weighted by atomic mass is 127. The zero-order valence-corrected chi connectivity index (χ0v) is 16.0. The molecule has 0 saturated heterocycles. The molecule has 2 heteroatoms.